The number of carbonyl (C=O) groups excluding carboxylic acids is 3. The van der Waals surface area contributed by atoms with Crippen molar-refractivity contribution in [1.82, 2.24) is 4.90 Å². The van der Waals surface area contributed by atoms with Gasteiger partial charge in [-0.1, -0.05) is 29.8 Å². The van der Waals surface area contributed by atoms with Crippen LogP contribution < -0.4 is 15.0 Å². The predicted molar refractivity (Wildman–Crippen MR) is 161 cm³/mol. The van der Waals surface area contributed by atoms with Gasteiger partial charge in [-0.05, 0) is 61.7 Å². The molecule has 1 N–H and O–H groups in total. The standard InChI is InChI=1S/C32H34ClN3O6/c1-21-6-3-4-7-24(21)31(38)34-23-10-11-25(29(19-23)40-2)32(39)36-13-5-8-28(26-18-22(33)9-12-27(26)36)42-30(37)20-35-14-16-41-17-15-35/h3-4,6-7,9-12,18-19,28H,5,8,13-17,20H2,1-2H3,(H,34,38). The van der Waals surface area contributed by atoms with Gasteiger partial charge < -0.3 is 24.4 Å². The Labute approximate surface area is 250 Å². The molecule has 0 bridgehead atoms. The SMILES string of the molecule is COc1cc(NC(=O)c2ccccc2C)ccc1C(=O)N1CCCC(OC(=O)CN2CCOCC2)c2cc(Cl)ccc21. The van der Waals surface area contributed by atoms with E-state index < -0.39 is 6.10 Å². The summed E-state index contributed by atoms with van der Waals surface area (Å²) in [6.07, 6.45) is 0.624. The molecule has 10 heteroatoms. The van der Waals surface area contributed by atoms with Crippen molar-refractivity contribution in [2.24, 2.45) is 0 Å². The molecule has 220 valence electrons. The summed E-state index contributed by atoms with van der Waals surface area (Å²) in [6, 6.07) is 17.6. The zero-order chi connectivity index (χ0) is 29.6. The van der Waals surface area contributed by atoms with Crippen LogP contribution in [0, 0.1) is 6.92 Å². The first-order chi connectivity index (χ1) is 20.3. The fourth-order valence-electron chi connectivity index (χ4n) is 5.33. The fraction of sp³-hybridized carbons (Fsp3) is 0.344. The third-order valence-corrected chi connectivity index (χ3v) is 7.77. The third-order valence-electron chi connectivity index (χ3n) is 7.53. The largest absolute Gasteiger partial charge is 0.496 e. The molecule has 0 radical (unpaired) electrons. The highest BCUT2D eigenvalue weighted by atomic mass is 35.5. The molecular formula is C32H34ClN3O6. The number of benzene rings is 3. The van der Waals surface area contributed by atoms with Gasteiger partial charge in [-0.2, -0.15) is 0 Å². The summed E-state index contributed by atoms with van der Waals surface area (Å²) in [5.41, 5.74) is 3.59. The number of hydrogen-bond donors (Lipinski definition) is 1. The molecule has 0 saturated carbocycles. The quantitative estimate of drug-likeness (QED) is 0.374. The van der Waals surface area contributed by atoms with Crippen LogP contribution >= 0.6 is 11.6 Å². The van der Waals surface area contributed by atoms with Crippen molar-refractivity contribution in [3.05, 3.63) is 87.9 Å². The highest BCUT2D eigenvalue weighted by molar-refractivity contribution is 6.30. The van der Waals surface area contributed by atoms with Crippen molar-refractivity contribution < 1.29 is 28.6 Å². The van der Waals surface area contributed by atoms with Crippen LogP contribution in [0.3, 0.4) is 0 Å². The number of fused-ring (bicyclic) bond motifs is 1. The minimum absolute atomic E-state index is 0.183. The maximum absolute atomic E-state index is 14.0. The minimum Gasteiger partial charge on any atom is -0.496 e. The van der Waals surface area contributed by atoms with E-state index in [0.717, 1.165) is 5.56 Å². The Kier molecular flexibility index (Phi) is 9.41. The van der Waals surface area contributed by atoms with Crippen LogP contribution in [0.25, 0.3) is 0 Å². The molecule has 2 heterocycles. The van der Waals surface area contributed by atoms with Gasteiger partial charge in [-0.3, -0.25) is 19.3 Å². The first kappa shape index (κ1) is 29.6. The van der Waals surface area contributed by atoms with E-state index >= 15 is 0 Å². The van der Waals surface area contributed by atoms with Crippen LogP contribution in [0.15, 0.2) is 60.7 Å². The van der Waals surface area contributed by atoms with Crippen molar-refractivity contribution in [3.8, 4) is 5.75 Å². The summed E-state index contributed by atoms with van der Waals surface area (Å²) in [6.45, 7) is 5.02. The summed E-state index contributed by atoms with van der Waals surface area (Å²) in [4.78, 5) is 43.4. The zero-order valence-corrected chi connectivity index (χ0v) is 24.5. The Hall–Kier alpha value is -3.92. The number of hydrogen-bond acceptors (Lipinski definition) is 7. The lowest BCUT2D eigenvalue weighted by atomic mass is 10.0. The maximum atomic E-state index is 14.0. The lowest BCUT2D eigenvalue weighted by Gasteiger charge is -2.27. The van der Waals surface area contributed by atoms with Gasteiger partial charge >= 0.3 is 5.97 Å². The Morgan fingerprint density at radius 3 is 2.55 bits per heavy atom. The molecule has 3 aromatic carbocycles. The number of anilines is 2. The molecule has 1 unspecified atom stereocenters. The summed E-state index contributed by atoms with van der Waals surface area (Å²) < 4.78 is 16.9. The molecule has 5 rings (SSSR count). The summed E-state index contributed by atoms with van der Waals surface area (Å²) in [5, 5.41) is 3.38. The monoisotopic (exact) mass is 591 g/mol. The highest BCUT2D eigenvalue weighted by Gasteiger charge is 2.31. The molecule has 1 saturated heterocycles. The topological polar surface area (TPSA) is 97.4 Å². The molecule has 2 amide bonds. The molecule has 1 atom stereocenters. The lowest BCUT2D eigenvalue weighted by molar-refractivity contribution is -0.152. The van der Waals surface area contributed by atoms with Crippen molar-refractivity contribution in [2.75, 3.05) is 56.7 Å². The van der Waals surface area contributed by atoms with E-state index in [9.17, 15) is 14.4 Å². The summed E-state index contributed by atoms with van der Waals surface area (Å²) >= 11 is 6.37. The van der Waals surface area contributed by atoms with Crippen molar-refractivity contribution in [3.63, 3.8) is 0 Å². The van der Waals surface area contributed by atoms with Crippen molar-refractivity contribution >= 4 is 40.8 Å². The van der Waals surface area contributed by atoms with E-state index in [2.05, 4.69) is 5.32 Å². The Morgan fingerprint density at radius 1 is 1.00 bits per heavy atom. The summed E-state index contributed by atoms with van der Waals surface area (Å²) in [5.74, 6) is -0.511. The van der Waals surface area contributed by atoms with Gasteiger partial charge in [0, 0.05) is 47.5 Å². The Balaban J connectivity index is 1.36. The molecule has 3 aromatic rings. The second kappa shape index (κ2) is 13.4. The van der Waals surface area contributed by atoms with E-state index in [-0.39, 0.29) is 24.3 Å². The summed E-state index contributed by atoms with van der Waals surface area (Å²) in [7, 11) is 1.49. The fourth-order valence-corrected chi connectivity index (χ4v) is 5.51. The van der Waals surface area contributed by atoms with Gasteiger partial charge in [0.1, 0.15) is 11.9 Å². The second-order valence-electron chi connectivity index (χ2n) is 10.4. The van der Waals surface area contributed by atoms with E-state index in [4.69, 9.17) is 25.8 Å². The van der Waals surface area contributed by atoms with Gasteiger partial charge in [0.2, 0.25) is 0 Å². The average Bonchev–Trinajstić information content (AvgIpc) is 3.16. The Morgan fingerprint density at radius 2 is 1.79 bits per heavy atom. The molecule has 42 heavy (non-hydrogen) atoms. The maximum Gasteiger partial charge on any atom is 0.320 e. The van der Waals surface area contributed by atoms with Gasteiger partial charge in [-0.15, -0.1) is 0 Å². The minimum atomic E-state index is -0.536. The number of carbonyl (C=O) groups is 3. The Bertz CT molecular complexity index is 1470. The van der Waals surface area contributed by atoms with E-state index in [1.54, 1.807) is 47.4 Å². The average molecular weight is 592 g/mol. The van der Waals surface area contributed by atoms with Gasteiger partial charge in [-0.25, -0.2) is 0 Å². The number of halogens is 1. The molecule has 9 nitrogen and oxygen atoms in total. The van der Waals surface area contributed by atoms with E-state index in [0.29, 0.717) is 84.5 Å². The first-order valence-electron chi connectivity index (χ1n) is 14.0. The zero-order valence-electron chi connectivity index (χ0n) is 23.7. The number of rotatable bonds is 7. The number of esters is 1. The number of nitrogens with zero attached hydrogens (tertiary/aromatic N) is 2. The van der Waals surface area contributed by atoms with Crippen LogP contribution in [0.1, 0.15) is 50.8 Å². The third kappa shape index (κ3) is 6.75. The molecular weight excluding hydrogens is 558 g/mol. The number of amides is 2. The number of morpholine rings is 1. The van der Waals surface area contributed by atoms with Gasteiger partial charge in [0.15, 0.2) is 0 Å². The van der Waals surface area contributed by atoms with Crippen LogP contribution in [0.4, 0.5) is 11.4 Å². The first-order valence-corrected chi connectivity index (χ1v) is 14.4. The predicted octanol–water partition coefficient (Wildman–Crippen LogP) is 5.27. The highest BCUT2D eigenvalue weighted by Crippen LogP contribution is 2.38. The molecule has 0 aromatic heterocycles. The van der Waals surface area contributed by atoms with Gasteiger partial charge in [0.05, 0.1) is 38.1 Å². The van der Waals surface area contributed by atoms with Crippen LogP contribution in [-0.2, 0) is 14.3 Å². The molecule has 2 aliphatic rings. The lowest BCUT2D eigenvalue weighted by Crippen LogP contribution is -2.40. The molecule has 0 aliphatic carbocycles. The molecule has 1 fully saturated rings. The van der Waals surface area contributed by atoms with E-state index in [1.807, 2.05) is 30.0 Å². The molecule has 0 spiro atoms. The van der Waals surface area contributed by atoms with Crippen molar-refractivity contribution in [1.29, 1.82) is 0 Å². The second-order valence-corrected chi connectivity index (χ2v) is 10.8. The van der Waals surface area contributed by atoms with Gasteiger partial charge in [0.25, 0.3) is 11.8 Å². The number of methoxy groups -OCH3 is 1. The van der Waals surface area contributed by atoms with Crippen LogP contribution in [0.5, 0.6) is 5.75 Å². The number of ether oxygens (including phenoxy) is 3. The number of aryl methyl sites for hydroxylation is 1. The normalized spacial score (nSPS) is 17.1. The van der Waals surface area contributed by atoms with E-state index in [1.165, 1.54) is 7.11 Å². The number of nitrogens with one attached hydrogen (secondary N) is 1. The van der Waals surface area contributed by atoms with Crippen LogP contribution in [0.2, 0.25) is 5.02 Å². The molecule has 2 aliphatic heterocycles. The van der Waals surface area contributed by atoms with Crippen molar-refractivity contribution in [2.45, 2.75) is 25.9 Å². The smallest absolute Gasteiger partial charge is 0.320 e. The van der Waals surface area contributed by atoms with Crippen LogP contribution in [-0.4, -0.2) is 69.2 Å².